The summed E-state index contributed by atoms with van der Waals surface area (Å²) in [7, 11) is 2.18. The molecule has 4 heteroatoms. The van der Waals surface area contributed by atoms with Crippen LogP contribution in [0.5, 0.6) is 0 Å². The van der Waals surface area contributed by atoms with Gasteiger partial charge in [0, 0.05) is 51.0 Å². The van der Waals surface area contributed by atoms with Gasteiger partial charge in [-0.2, -0.15) is 0 Å². The maximum absolute atomic E-state index is 4.64. The lowest BCUT2D eigenvalue weighted by atomic mass is 10.1. The zero-order valence-electron chi connectivity index (χ0n) is 14.1. The molecule has 122 valence electrons. The van der Waals surface area contributed by atoms with E-state index in [2.05, 4.69) is 64.4 Å². The van der Waals surface area contributed by atoms with Crippen molar-refractivity contribution < 1.29 is 0 Å². The summed E-state index contributed by atoms with van der Waals surface area (Å²) in [6, 6.07) is 12.8. The van der Waals surface area contributed by atoms with Gasteiger partial charge in [-0.1, -0.05) is 30.3 Å². The minimum atomic E-state index is 0.851. The quantitative estimate of drug-likeness (QED) is 0.919. The van der Waals surface area contributed by atoms with Gasteiger partial charge < -0.3 is 15.1 Å². The molecule has 23 heavy (non-hydrogen) atoms. The summed E-state index contributed by atoms with van der Waals surface area (Å²) in [6.45, 7) is 8.22. The van der Waals surface area contributed by atoms with Gasteiger partial charge in [-0.15, -0.1) is 0 Å². The number of nitrogens with one attached hydrogen (secondary N) is 1. The van der Waals surface area contributed by atoms with Crippen molar-refractivity contribution in [3.8, 4) is 0 Å². The Morgan fingerprint density at radius 3 is 2.43 bits per heavy atom. The molecule has 1 aromatic heterocycles. The summed E-state index contributed by atoms with van der Waals surface area (Å²) in [5.41, 5.74) is 3.98. The van der Waals surface area contributed by atoms with Crippen LogP contribution in [0.2, 0.25) is 0 Å². The fraction of sp³-hybridized carbons (Fsp3) is 0.421. The summed E-state index contributed by atoms with van der Waals surface area (Å²) < 4.78 is 0. The van der Waals surface area contributed by atoms with Crippen LogP contribution in [0, 0.1) is 6.92 Å². The lowest BCUT2D eigenvalue weighted by molar-refractivity contribution is 0.311. The number of likely N-dealkylation sites (N-methyl/N-ethyl adjacent to an activating group) is 1. The number of hydrogen-bond donors (Lipinski definition) is 1. The highest BCUT2D eigenvalue weighted by atomic mass is 15.3. The molecule has 4 nitrogen and oxygen atoms in total. The Kier molecular flexibility index (Phi) is 5.26. The van der Waals surface area contributed by atoms with Crippen LogP contribution < -0.4 is 10.2 Å². The number of piperazine rings is 1. The van der Waals surface area contributed by atoms with Crippen molar-refractivity contribution in [1.29, 1.82) is 0 Å². The summed E-state index contributed by atoms with van der Waals surface area (Å²) in [5, 5.41) is 3.57. The number of nitrogens with zero attached hydrogens (tertiary/aromatic N) is 3. The van der Waals surface area contributed by atoms with Crippen molar-refractivity contribution >= 4 is 5.82 Å². The van der Waals surface area contributed by atoms with Gasteiger partial charge in [0.1, 0.15) is 5.82 Å². The molecule has 2 heterocycles. The van der Waals surface area contributed by atoms with E-state index in [1.807, 2.05) is 12.3 Å². The first-order valence-electron chi connectivity index (χ1n) is 8.36. The molecule has 1 aromatic carbocycles. The smallest absolute Gasteiger partial charge is 0.133 e. The van der Waals surface area contributed by atoms with Crippen molar-refractivity contribution in [2.45, 2.75) is 20.0 Å². The van der Waals surface area contributed by atoms with Gasteiger partial charge in [0.25, 0.3) is 0 Å². The van der Waals surface area contributed by atoms with Crippen LogP contribution in [-0.2, 0) is 13.1 Å². The maximum atomic E-state index is 4.64. The summed E-state index contributed by atoms with van der Waals surface area (Å²) in [4.78, 5) is 9.42. The van der Waals surface area contributed by atoms with Crippen LogP contribution in [0.4, 0.5) is 5.82 Å². The lowest BCUT2D eigenvalue weighted by Gasteiger charge is -2.34. The molecule has 0 atom stereocenters. The zero-order valence-corrected chi connectivity index (χ0v) is 14.1. The summed E-state index contributed by atoms with van der Waals surface area (Å²) >= 11 is 0. The van der Waals surface area contributed by atoms with Gasteiger partial charge in [-0.3, -0.25) is 0 Å². The molecule has 0 aliphatic carbocycles. The van der Waals surface area contributed by atoms with E-state index >= 15 is 0 Å². The Hall–Kier alpha value is -1.91. The monoisotopic (exact) mass is 310 g/mol. The number of aromatic nitrogens is 1. The number of pyridine rings is 1. The van der Waals surface area contributed by atoms with Crippen LogP contribution >= 0.6 is 0 Å². The Balaban J connectivity index is 1.63. The highest BCUT2D eigenvalue weighted by Crippen LogP contribution is 2.19. The Morgan fingerprint density at radius 2 is 1.65 bits per heavy atom. The largest absolute Gasteiger partial charge is 0.354 e. The average molecular weight is 310 g/mol. The van der Waals surface area contributed by atoms with Crippen molar-refractivity contribution in [3.63, 3.8) is 0 Å². The molecule has 0 unspecified atom stereocenters. The SMILES string of the molecule is Cc1ccccc1CNCc1cccnc1N1CCN(C)CC1. The van der Waals surface area contributed by atoms with E-state index in [1.54, 1.807) is 0 Å². The van der Waals surface area contributed by atoms with Gasteiger partial charge in [0.15, 0.2) is 0 Å². The third-order valence-electron chi connectivity index (χ3n) is 4.56. The third kappa shape index (κ3) is 4.09. The first-order chi connectivity index (χ1) is 11.2. The second kappa shape index (κ2) is 7.57. The predicted octanol–water partition coefficient (Wildman–Crippen LogP) is 2.43. The van der Waals surface area contributed by atoms with Crippen LogP contribution in [0.3, 0.4) is 0 Å². The Labute approximate surface area is 139 Å². The minimum absolute atomic E-state index is 0.851. The lowest BCUT2D eigenvalue weighted by Crippen LogP contribution is -2.45. The zero-order chi connectivity index (χ0) is 16.1. The normalized spacial score (nSPS) is 15.8. The topological polar surface area (TPSA) is 31.4 Å². The number of hydrogen-bond acceptors (Lipinski definition) is 4. The second-order valence-corrected chi connectivity index (χ2v) is 6.31. The molecule has 1 N–H and O–H groups in total. The molecule has 1 fully saturated rings. The predicted molar refractivity (Wildman–Crippen MR) is 95.7 cm³/mol. The molecule has 1 saturated heterocycles. The molecule has 0 radical (unpaired) electrons. The first kappa shape index (κ1) is 16.0. The fourth-order valence-electron chi connectivity index (χ4n) is 3.01. The van der Waals surface area contributed by atoms with Crippen molar-refractivity contribution in [2.75, 3.05) is 38.1 Å². The minimum Gasteiger partial charge on any atom is -0.354 e. The first-order valence-corrected chi connectivity index (χ1v) is 8.36. The number of rotatable bonds is 5. The Bertz CT molecular complexity index is 633. The second-order valence-electron chi connectivity index (χ2n) is 6.31. The third-order valence-corrected chi connectivity index (χ3v) is 4.56. The van der Waals surface area contributed by atoms with E-state index < -0.39 is 0 Å². The van der Waals surface area contributed by atoms with Crippen LogP contribution in [-0.4, -0.2) is 43.1 Å². The number of anilines is 1. The van der Waals surface area contributed by atoms with Crippen LogP contribution in [0.25, 0.3) is 0 Å². The van der Waals surface area contributed by atoms with E-state index in [0.29, 0.717) is 0 Å². The molecule has 0 saturated carbocycles. The fourth-order valence-corrected chi connectivity index (χ4v) is 3.01. The van der Waals surface area contributed by atoms with E-state index in [1.165, 1.54) is 16.7 Å². The summed E-state index contributed by atoms with van der Waals surface area (Å²) in [6.07, 6.45) is 1.90. The molecule has 1 aliphatic rings. The molecular formula is C19H26N4. The molecule has 2 aromatic rings. The van der Waals surface area contributed by atoms with Gasteiger partial charge in [-0.25, -0.2) is 4.98 Å². The van der Waals surface area contributed by atoms with E-state index in [9.17, 15) is 0 Å². The molecule has 1 aliphatic heterocycles. The standard InChI is InChI=1S/C19H26N4/c1-16-6-3-4-7-17(16)14-20-15-18-8-5-9-21-19(18)23-12-10-22(2)11-13-23/h3-9,20H,10-15H2,1-2H3. The molecule has 0 amide bonds. The highest BCUT2D eigenvalue weighted by molar-refractivity contribution is 5.47. The molecular weight excluding hydrogens is 284 g/mol. The van der Waals surface area contributed by atoms with E-state index in [4.69, 9.17) is 0 Å². The van der Waals surface area contributed by atoms with Gasteiger partial charge >= 0.3 is 0 Å². The van der Waals surface area contributed by atoms with E-state index in [-0.39, 0.29) is 0 Å². The van der Waals surface area contributed by atoms with Crippen molar-refractivity contribution in [3.05, 3.63) is 59.3 Å². The maximum Gasteiger partial charge on any atom is 0.133 e. The van der Waals surface area contributed by atoms with Gasteiger partial charge in [0.05, 0.1) is 0 Å². The summed E-state index contributed by atoms with van der Waals surface area (Å²) in [5.74, 6) is 1.14. The highest BCUT2D eigenvalue weighted by Gasteiger charge is 2.17. The van der Waals surface area contributed by atoms with Crippen LogP contribution in [0.15, 0.2) is 42.6 Å². The molecule has 0 spiro atoms. The molecule has 0 bridgehead atoms. The number of aryl methyl sites for hydroxylation is 1. The van der Waals surface area contributed by atoms with Crippen molar-refractivity contribution in [1.82, 2.24) is 15.2 Å². The van der Waals surface area contributed by atoms with E-state index in [0.717, 1.165) is 45.1 Å². The van der Waals surface area contributed by atoms with Crippen molar-refractivity contribution in [2.24, 2.45) is 0 Å². The van der Waals surface area contributed by atoms with Gasteiger partial charge in [-0.05, 0) is 31.2 Å². The number of benzene rings is 1. The van der Waals surface area contributed by atoms with Gasteiger partial charge in [0.2, 0.25) is 0 Å². The average Bonchev–Trinajstić information content (AvgIpc) is 2.58. The van der Waals surface area contributed by atoms with Crippen LogP contribution in [0.1, 0.15) is 16.7 Å². The molecule has 3 rings (SSSR count). The Morgan fingerprint density at radius 1 is 0.957 bits per heavy atom.